The number of carbonyl (C=O) groups is 1. The Hall–Kier alpha value is -1.51. The van der Waals surface area contributed by atoms with Gasteiger partial charge in [0.05, 0.1) is 5.75 Å². The van der Waals surface area contributed by atoms with E-state index < -0.39 is 17.4 Å². The Morgan fingerprint density at radius 2 is 2.12 bits per heavy atom. The van der Waals surface area contributed by atoms with Gasteiger partial charge in [0.15, 0.2) is 10.9 Å². The summed E-state index contributed by atoms with van der Waals surface area (Å²) in [4.78, 5) is 28.9. The topological polar surface area (TPSA) is 74.8 Å². The van der Waals surface area contributed by atoms with Gasteiger partial charge in [-0.1, -0.05) is 38.5 Å². The molecule has 1 aliphatic rings. The summed E-state index contributed by atoms with van der Waals surface area (Å²) >= 11 is 0.785. The van der Waals surface area contributed by atoms with Crippen LogP contribution in [0.25, 0.3) is 0 Å². The Morgan fingerprint density at radius 1 is 1.42 bits per heavy atom. The fourth-order valence-electron chi connectivity index (χ4n) is 2.82. The summed E-state index contributed by atoms with van der Waals surface area (Å²) in [5.74, 6) is 0.519. The molecule has 0 aliphatic heterocycles. The van der Waals surface area contributed by atoms with Crippen molar-refractivity contribution in [3.63, 3.8) is 0 Å². The Morgan fingerprint density at radius 3 is 2.79 bits per heavy atom. The first-order chi connectivity index (χ1) is 11.2. The molecule has 134 valence electrons. The maximum atomic E-state index is 12.6. The summed E-state index contributed by atoms with van der Waals surface area (Å²) in [5, 5.41) is 2.71. The molecule has 1 fully saturated rings. The quantitative estimate of drug-likeness (QED) is 0.637. The van der Waals surface area contributed by atoms with Gasteiger partial charge in [-0.3, -0.25) is 9.59 Å². The second-order valence-corrected chi connectivity index (χ2v) is 7.13. The average Bonchev–Trinajstić information content (AvgIpc) is 2.48. The van der Waals surface area contributed by atoms with Gasteiger partial charge in [-0.05, 0) is 18.3 Å². The van der Waals surface area contributed by atoms with Crippen molar-refractivity contribution in [2.24, 2.45) is 11.8 Å². The zero-order chi connectivity index (χ0) is 17.9. The summed E-state index contributed by atoms with van der Waals surface area (Å²) in [6, 6.07) is 0.477. The summed E-state index contributed by atoms with van der Waals surface area (Å²) in [7, 11) is 0. The molecule has 2 rings (SSSR count). The van der Waals surface area contributed by atoms with Crippen LogP contribution in [-0.2, 0) is 11.0 Å². The van der Waals surface area contributed by atoms with Crippen molar-refractivity contribution in [2.75, 3.05) is 5.75 Å². The number of hydrogen-bond acceptors (Lipinski definition) is 4. The molecular weight excluding hydrogens is 343 g/mol. The molecule has 1 saturated carbocycles. The van der Waals surface area contributed by atoms with E-state index in [9.17, 15) is 22.8 Å². The number of carbonyl (C=O) groups excluding carboxylic acids is 1. The predicted molar refractivity (Wildman–Crippen MR) is 84.7 cm³/mol. The summed E-state index contributed by atoms with van der Waals surface area (Å²) < 4.78 is 37.9. The van der Waals surface area contributed by atoms with E-state index in [-0.39, 0.29) is 22.9 Å². The minimum atomic E-state index is -4.69. The van der Waals surface area contributed by atoms with Crippen LogP contribution in [-0.4, -0.2) is 27.7 Å². The zero-order valence-electron chi connectivity index (χ0n) is 13.4. The average molecular weight is 363 g/mol. The lowest BCUT2D eigenvalue weighted by Gasteiger charge is -2.34. The highest BCUT2D eigenvalue weighted by Gasteiger charge is 2.33. The number of alkyl halides is 3. The van der Waals surface area contributed by atoms with Crippen LogP contribution in [0.2, 0.25) is 0 Å². The number of aromatic amines is 1. The van der Waals surface area contributed by atoms with Crippen molar-refractivity contribution in [3.8, 4) is 0 Å². The van der Waals surface area contributed by atoms with Crippen molar-refractivity contribution >= 4 is 17.7 Å². The van der Waals surface area contributed by atoms with E-state index >= 15 is 0 Å². The van der Waals surface area contributed by atoms with Crippen LogP contribution < -0.4 is 10.9 Å². The Bertz CT molecular complexity index is 648. The summed E-state index contributed by atoms with van der Waals surface area (Å²) in [5.41, 5.74) is -2.15. The normalized spacial score (nSPS) is 24.6. The van der Waals surface area contributed by atoms with Gasteiger partial charge < -0.3 is 10.3 Å². The van der Waals surface area contributed by atoms with Crippen molar-refractivity contribution in [2.45, 2.75) is 50.5 Å². The third kappa shape index (κ3) is 4.99. The number of rotatable bonds is 4. The van der Waals surface area contributed by atoms with E-state index in [1.807, 2.05) is 0 Å². The van der Waals surface area contributed by atoms with Crippen molar-refractivity contribution in [1.29, 1.82) is 0 Å². The first-order valence-electron chi connectivity index (χ1n) is 7.77. The van der Waals surface area contributed by atoms with E-state index in [0.29, 0.717) is 17.9 Å². The fraction of sp³-hybridized carbons (Fsp3) is 0.667. The molecule has 0 bridgehead atoms. The first-order valence-corrected chi connectivity index (χ1v) is 8.76. The van der Waals surface area contributed by atoms with E-state index in [0.717, 1.165) is 31.0 Å². The van der Waals surface area contributed by atoms with Gasteiger partial charge >= 0.3 is 6.18 Å². The maximum absolute atomic E-state index is 12.6. The highest BCUT2D eigenvalue weighted by atomic mass is 32.2. The SMILES string of the molecule is CC1CCCC(NC(=O)CSc2nc(C(F)(F)F)cc(=O)[nH]2)C1C. The monoisotopic (exact) mass is 363 g/mol. The lowest BCUT2D eigenvalue weighted by Crippen LogP contribution is -2.44. The van der Waals surface area contributed by atoms with E-state index in [4.69, 9.17) is 0 Å². The predicted octanol–water partition coefficient (Wildman–Crippen LogP) is 2.82. The molecule has 9 heteroatoms. The number of hydrogen-bond donors (Lipinski definition) is 2. The Balaban J connectivity index is 1.94. The second kappa shape index (κ2) is 7.58. The minimum Gasteiger partial charge on any atom is -0.352 e. The molecular formula is C15H20F3N3O2S. The minimum absolute atomic E-state index is 0.0790. The van der Waals surface area contributed by atoms with Crippen LogP contribution in [0.4, 0.5) is 13.2 Å². The van der Waals surface area contributed by atoms with Gasteiger partial charge in [-0.25, -0.2) is 4.98 Å². The van der Waals surface area contributed by atoms with Crippen LogP contribution >= 0.6 is 11.8 Å². The molecule has 3 atom stereocenters. The molecule has 1 aliphatic carbocycles. The molecule has 24 heavy (non-hydrogen) atoms. The van der Waals surface area contributed by atoms with E-state index in [1.54, 1.807) is 0 Å². The molecule has 0 radical (unpaired) electrons. The molecule has 0 spiro atoms. The molecule has 1 aromatic heterocycles. The Labute approximate surface area is 141 Å². The number of aromatic nitrogens is 2. The lowest BCUT2D eigenvalue weighted by atomic mass is 9.78. The smallest absolute Gasteiger partial charge is 0.352 e. The van der Waals surface area contributed by atoms with E-state index in [1.165, 1.54) is 0 Å². The summed E-state index contributed by atoms with van der Waals surface area (Å²) in [6.07, 6.45) is -1.61. The standard InChI is InChI=1S/C15H20F3N3O2S/c1-8-4-3-5-10(9(8)2)19-13(23)7-24-14-20-11(15(16,17)18)6-12(22)21-14/h6,8-10H,3-5,7H2,1-2H3,(H,19,23)(H,20,21,22). The molecule has 2 N–H and O–H groups in total. The number of thioether (sulfide) groups is 1. The van der Waals surface area contributed by atoms with Gasteiger partial charge in [-0.2, -0.15) is 13.2 Å². The molecule has 1 heterocycles. The van der Waals surface area contributed by atoms with Gasteiger partial charge in [-0.15, -0.1) is 0 Å². The van der Waals surface area contributed by atoms with Crippen LogP contribution in [0.15, 0.2) is 16.0 Å². The van der Waals surface area contributed by atoms with E-state index in [2.05, 4.69) is 29.1 Å². The third-order valence-electron chi connectivity index (χ3n) is 4.40. The lowest BCUT2D eigenvalue weighted by molar-refractivity contribution is -0.141. The third-order valence-corrected chi connectivity index (χ3v) is 5.28. The van der Waals surface area contributed by atoms with Gasteiger partial charge in [0.25, 0.3) is 5.56 Å². The Kier molecular flexibility index (Phi) is 5.95. The van der Waals surface area contributed by atoms with Crippen LogP contribution in [0.3, 0.4) is 0 Å². The van der Waals surface area contributed by atoms with Crippen LogP contribution in [0, 0.1) is 11.8 Å². The summed E-state index contributed by atoms with van der Waals surface area (Å²) in [6.45, 7) is 4.24. The van der Waals surface area contributed by atoms with Crippen molar-refractivity contribution in [1.82, 2.24) is 15.3 Å². The van der Waals surface area contributed by atoms with Crippen LogP contribution in [0.1, 0.15) is 38.8 Å². The fourth-order valence-corrected chi connectivity index (χ4v) is 3.50. The molecule has 5 nitrogen and oxygen atoms in total. The molecule has 1 aromatic rings. The van der Waals surface area contributed by atoms with Gasteiger partial charge in [0, 0.05) is 12.1 Å². The van der Waals surface area contributed by atoms with Gasteiger partial charge in [0.1, 0.15) is 0 Å². The number of halogens is 3. The molecule has 3 unspecified atom stereocenters. The van der Waals surface area contributed by atoms with Crippen LogP contribution in [0.5, 0.6) is 0 Å². The molecule has 0 aromatic carbocycles. The van der Waals surface area contributed by atoms with Crippen molar-refractivity contribution < 1.29 is 18.0 Å². The number of nitrogens with one attached hydrogen (secondary N) is 2. The first kappa shape index (κ1) is 18.8. The van der Waals surface area contributed by atoms with Gasteiger partial charge in [0.2, 0.25) is 5.91 Å². The zero-order valence-corrected chi connectivity index (χ0v) is 14.3. The maximum Gasteiger partial charge on any atom is 0.433 e. The second-order valence-electron chi connectivity index (χ2n) is 6.16. The number of H-pyrrole nitrogens is 1. The largest absolute Gasteiger partial charge is 0.433 e. The highest BCUT2D eigenvalue weighted by Crippen LogP contribution is 2.30. The molecule has 1 amide bonds. The number of nitrogens with zero attached hydrogens (tertiary/aromatic N) is 1. The highest BCUT2D eigenvalue weighted by molar-refractivity contribution is 7.99. The number of amides is 1. The van der Waals surface area contributed by atoms with Crippen molar-refractivity contribution in [3.05, 3.63) is 22.1 Å². The molecule has 0 saturated heterocycles.